The van der Waals surface area contributed by atoms with Crippen molar-refractivity contribution in [1.29, 1.82) is 0 Å². The van der Waals surface area contributed by atoms with Crippen LogP contribution in [0.5, 0.6) is 0 Å². The van der Waals surface area contributed by atoms with Crippen LogP contribution in [-0.2, 0) is 11.2 Å². The first-order valence-corrected chi connectivity index (χ1v) is 4.41. The predicted octanol–water partition coefficient (Wildman–Crippen LogP) is 1.03. The van der Waals surface area contributed by atoms with Gasteiger partial charge in [0.15, 0.2) is 6.10 Å². The second-order valence-electron chi connectivity index (χ2n) is 2.96. The van der Waals surface area contributed by atoms with Crippen LogP contribution in [0.25, 0.3) is 0 Å². The molecule has 2 N–H and O–H groups in total. The number of aryl methyl sites for hydroxylation is 1. The molecule has 0 aliphatic carbocycles. The Hall–Kier alpha value is -1.13. The maximum Gasteiger partial charge on any atom is 0.332 e. The molecule has 0 aliphatic heterocycles. The lowest BCUT2D eigenvalue weighted by molar-refractivity contribution is -0.146. The van der Waals surface area contributed by atoms with Gasteiger partial charge in [0.1, 0.15) is 5.15 Å². The zero-order chi connectivity index (χ0) is 10.7. The molecular weight excluding hydrogens is 206 g/mol. The second-order valence-corrected chi connectivity index (χ2v) is 3.32. The molecule has 14 heavy (non-hydrogen) atoms. The molecule has 4 nitrogen and oxygen atoms in total. The third kappa shape index (κ3) is 2.68. The molecule has 0 aromatic carbocycles. The third-order valence-electron chi connectivity index (χ3n) is 1.76. The van der Waals surface area contributed by atoms with E-state index >= 15 is 0 Å². The van der Waals surface area contributed by atoms with Crippen LogP contribution in [-0.4, -0.2) is 27.3 Å². The number of hydrogen-bond acceptors (Lipinski definition) is 3. The van der Waals surface area contributed by atoms with Crippen LogP contribution in [0.4, 0.5) is 0 Å². The predicted molar refractivity (Wildman–Crippen MR) is 51.3 cm³/mol. The van der Waals surface area contributed by atoms with Gasteiger partial charge in [-0.05, 0) is 18.6 Å². The number of carbonyl (C=O) groups is 1. The van der Waals surface area contributed by atoms with E-state index < -0.39 is 12.1 Å². The highest BCUT2D eigenvalue weighted by atomic mass is 35.5. The molecule has 76 valence electrons. The molecule has 5 heteroatoms. The van der Waals surface area contributed by atoms with Crippen LogP contribution < -0.4 is 0 Å². The molecule has 0 bridgehead atoms. The summed E-state index contributed by atoms with van der Waals surface area (Å²) in [5.41, 5.74) is 1.29. The van der Waals surface area contributed by atoms with Gasteiger partial charge in [0.05, 0.1) is 0 Å². The van der Waals surface area contributed by atoms with Gasteiger partial charge in [0.25, 0.3) is 0 Å². The smallest absolute Gasteiger partial charge is 0.332 e. The highest BCUT2D eigenvalue weighted by Crippen LogP contribution is 2.15. The van der Waals surface area contributed by atoms with Gasteiger partial charge in [0.2, 0.25) is 0 Å². The van der Waals surface area contributed by atoms with Gasteiger partial charge in [0, 0.05) is 12.1 Å². The van der Waals surface area contributed by atoms with Gasteiger partial charge in [-0.3, -0.25) is 0 Å². The SMILES string of the molecule is Cc1ccc(CC(O)C(=O)O)c(Cl)n1. The van der Waals surface area contributed by atoms with Crippen LogP contribution in [0, 0.1) is 6.92 Å². The molecule has 0 spiro atoms. The highest BCUT2D eigenvalue weighted by Gasteiger charge is 2.15. The standard InChI is InChI=1S/C9H10ClNO3/c1-5-2-3-6(8(10)11-5)4-7(12)9(13)14/h2-3,7,12H,4H2,1H3,(H,13,14). The van der Waals surface area contributed by atoms with Crippen molar-refractivity contribution in [3.8, 4) is 0 Å². The molecule has 1 rings (SSSR count). The van der Waals surface area contributed by atoms with E-state index in [1.54, 1.807) is 19.1 Å². The van der Waals surface area contributed by atoms with Crippen LogP contribution >= 0.6 is 11.6 Å². The molecule has 0 saturated carbocycles. The number of carboxylic acids is 1. The number of pyridine rings is 1. The van der Waals surface area contributed by atoms with E-state index in [2.05, 4.69) is 4.98 Å². The summed E-state index contributed by atoms with van der Waals surface area (Å²) in [5, 5.41) is 17.8. The average molecular weight is 216 g/mol. The number of nitrogens with zero attached hydrogens (tertiary/aromatic N) is 1. The first-order chi connectivity index (χ1) is 6.50. The number of rotatable bonds is 3. The van der Waals surface area contributed by atoms with E-state index in [-0.39, 0.29) is 11.6 Å². The summed E-state index contributed by atoms with van der Waals surface area (Å²) in [6.45, 7) is 1.78. The van der Waals surface area contributed by atoms with Crippen molar-refractivity contribution in [1.82, 2.24) is 4.98 Å². The lowest BCUT2D eigenvalue weighted by atomic mass is 10.1. The molecule has 1 atom stereocenters. The van der Waals surface area contributed by atoms with Crippen molar-refractivity contribution in [2.45, 2.75) is 19.4 Å². The first kappa shape index (κ1) is 10.9. The number of carboxylic acid groups (broad SMARTS) is 1. The van der Waals surface area contributed by atoms with E-state index in [0.29, 0.717) is 5.56 Å². The average Bonchev–Trinajstić information content (AvgIpc) is 2.09. The molecule has 0 saturated heterocycles. The van der Waals surface area contributed by atoms with E-state index in [0.717, 1.165) is 5.69 Å². The van der Waals surface area contributed by atoms with Crippen LogP contribution in [0.2, 0.25) is 5.15 Å². The Balaban J connectivity index is 2.82. The van der Waals surface area contributed by atoms with Gasteiger partial charge in [-0.1, -0.05) is 17.7 Å². The zero-order valence-corrected chi connectivity index (χ0v) is 8.32. The normalized spacial score (nSPS) is 12.5. The fourth-order valence-electron chi connectivity index (χ4n) is 1.00. The lowest BCUT2D eigenvalue weighted by Gasteiger charge is -2.06. The number of aliphatic hydroxyl groups excluding tert-OH is 1. The summed E-state index contributed by atoms with van der Waals surface area (Å²) >= 11 is 5.76. The van der Waals surface area contributed by atoms with Gasteiger partial charge < -0.3 is 10.2 Å². The van der Waals surface area contributed by atoms with Crippen molar-refractivity contribution in [3.63, 3.8) is 0 Å². The molecule has 1 aromatic rings. The molecule has 0 amide bonds. The first-order valence-electron chi connectivity index (χ1n) is 4.03. The molecular formula is C9H10ClNO3. The van der Waals surface area contributed by atoms with Gasteiger partial charge in [-0.25, -0.2) is 9.78 Å². The van der Waals surface area contributed by atoms with Crippen LogP contribution in [0.15, 0.2) is 12.1 Å². The highest BCUT2D eigenvalue weighted by molar-refractivity contribution is 6.30. The van der Waals surface area contributed by atoms with E-state index in [4.69, 9.17) is 21.8 Å². The summed E-state index contributed by atoms with van der Waals surface area (Å²) in [6.07, 6.45) is -1.46. The number of aromatic nitrogens is 1. The Morgan fingerprint density at radius 1 is 1.64 bits per heavy atom. The summed E-state index contributed by atoms with van der Waals surface area (Å²) in [4.78, 5) is 14.3. The van der Waals surface area contributed by atoms with Crippen LogP contribution in [0.3, 0.4) is 0 Å². The number of halogens is 1. The Morgan fingerprint density at radius 3 is 2.79 bits per heavy atom. The van der Waals surface area contributed by atoms with E-state index in [1.807, 2.05) is 0 Å². The molecule has 1 aromatic heterocycles. The second kappa shape index (κ2) is 4.39. The van der Waals surface area contributed by atoms with Gasteiger partial charge >= 0.3 is 5.97 Å². The van der Waals surface area contributed by atoms with E-state index in [9.17, 15) is 4.79 Å². The number of aliphatic carboxylic acids is 1. The largest absolute Gasteiger partial charge is 0.479 e. The minimum atomic E-state index is -1.43. The maximum atomic E-state index is 10.4. The lowest BCUT2D eigenvalue weighted by Crippen LogP contribution is -2.22. The minimum Gasteiger partial charge on any atom is -0.479 e. The Morgan fingerprint density at radius 2 is 2.29 bits per heavy atom. The van der Waals surface area contributed by atoms with E-state index in [1.165, 1.54) is 0 Å². The zero-order valence-electron chi connectivity index (χ0n) is 7.57. The molecule has 0 aliphatic rings. The number of hydrogen-bond donors (Lipinski definition) is 2. The molecule has 0 radical (unpaired) electrons. The molecule has 0 fully saturated rings. The fourth-order valence-corrected chi connectivity index (χ4v) is 1.28. The van der Waals surface area contributed by atoms with Gasteiger partial charge in [-0.15, -0.1) is 0 Å². The quantitative estimate of drug-likeness (QED) is 0.739. The fraction of sp³-hybridized carbons (Fsp3) is 0.333. The van der Waals surface area contributed by atoms with Crippen molar-refractivity contribution in [3.05, 3.63) is 28.5 Å². The Bertz CT molecular complexity index is 354. The summed E-state index contributed by atoms with van der Waals surface area (Å²) in [7, 11) is 0. The van der Waals surface area contributed by atoms with Crippen molar-refractivity contribution < 1.29 is 15.0 Å². The van der Waals surface area contributed by atoms with Crippen LogP contribution in [0.1, 0.15) is 11.3 Å². The van der Waals surface area contributed by atoms with Crippen molar-refractivity contribution >= 4 is 17.6 Å². The summed E-state index contributed by atoms with van der Waals surface area (Å²) in [5.74, 6) is -1.26. The summed E-state index contributed by atoms with van der Waals surface area (Å²) in [6, 6.07) is 3.38. The maximum absolute atomic E-state index is 10.4. The Labute approximate surface area is 86.2 Å². The monoisotopic (exact) mass is 215 g/mol. The van der Waals surface area contributed by atoms with Crippen molar-refractivity contribution in [2.75, 3.05) is 0 Å². The molecule has 1 unspecified atom stereocenters. The molecule has 1 heterocycles. The number of aliphatic hydroxyl groups is 1. The summed E-state index contributed by atoms with van der Waals surface area (Å²) < 4.78 is 0. The topological polar surface area (TPSA) is 70.4 Å². The third-order valence-corrected chi connectivity index (χ3v) is 2.09. The minimum absolute atomic E-state index is 0.0263. The van der Waals surface area contributed by atoms with Gasteiger partial charge in [-0.2, -0.15) is 0 Å². The van der Waals surface area contributed by atoms with Crippen molar-refractivity contribution in [2.24, 2.45) is 0 Å². The Kier molecular flexibility index (Phi) is 3.43.